The molecule has 0 bridgehead atoms. The lowest BCUT2D eigenvalue weighted by atomic mass is 10.2. The minimum absolute atomic E-state index is 0.0992. The van der Waals surface area contributed by atoms with Crippen LogP contribution in [0.1, 0.15) is 23.2 Å². The fourth-order valence-electron chi connectivity index (χ4n) is 8.08. The summed E-state index contributed by atoms with van der Waals surface area (Å²) in [4.78, 5) is 14.8. The van der Waals surface area contributed by atoms with Crippen LogP contribution < -0.4 is 0 Å². The molecule has 7 heteroatoms. The molecule has 1 saturated heterocycles. The topological polar surface area (TPSA) is 17.1 Å². The van der Waals surface area contributed by atoms with Gasteiger partial charge in [-0.2, -0.15) is 11.1 Å². The van der Waals surface area contributed by atoms with Gasteiger partial charge in [0.05, 0.1) is 0 Å². The van der Waals surface area contributed by atoms with E-state index in [9.17, 15) is 4.79 Å². The molecule has 1 fully saturated rings. The van der Waals surface area contributed by atoms with Gasteiger partial charge in [-0.1, -0.05) is 122 Å². The molecular formula is C23H45ClOSi5. The molecule has 0 atom stereocenters. The third kappa shape index (κ3) is 3.34. The van der Waals surface area contributed by atoms with Crippen molar-refractivity contribution >= 4 is 56.2 Å². The Kier molecular flexibility index (Phi) is 6.77. The lowest BCUT2D eigenvalue weighted by Crippen LogP contribution is -2.76. The Bertz CT molecular complexity index is 726. The molecule has 1 aromatic carbocycles. The van der Waals surface area contributed by atoms with Crippen molar-refractivity contribution in [1.82, 2.24) is 0 Å². The second-order valence-electron chi connectivity index (χ2n) is 13.7. The Morgan fingerprint density at radius 2 is 1.00 bits per heavy atom. The second-order valence-corrected chi connectivity index (χ2v) is 43.3. The average molecular weight is 513 g/mol. The van der Waals surface area contributed by atoms with Crippen LogP contribution in [0.25, 0.3) is 0 Å². The van der Waals surface area contributed by atoms with Gasteiger partial charge in [-0.05, 0) is 8.57 Å². The predicted octanol–water partition coefficient (Wildman–Crippen LogP) is 8.38. The maximum Gasteiger partial charge on any atom is 0.238 e. The number of carbonyl (C=O) groups is 1. The molecule has 1 heterocycles. The van der Waals surface area contributed by atoms with E-state index in [0.717, 1.165) is 5.56 Å². The van der Waals surface area contributed by atoms with Crippen molar-refractivity contribution in [1.29, 1.82) is 0 Å². The highest BCUT2D eigenvalue weighted by Gasteiger charge is 2.83. The lowest BCUT2D eigenvalue weighted by Gasteiger charge is -2.63. The number of hydrogen-bond donors (Lipinski definition) is 0. The Morgan fingerprint density at radius 3 is 1.27 bits per heavy atom. The van der Waals surface area contributed by atoms with Gasteiger partial charge in [0.15, 0.2) is 5.41 Å². The molecule has 1 nitrogen and oxygen atoms in total. The molecule has 0 unspecified atom stereocenters. The monoisotopic (exact) mass is 512 g/mol. The minimum atomic E-state index is -2.95. The van der Waals surface area contributed by atoms with Crippen LogP contribution in [0.3, 0.4) is 0 Å². The fourth-order valence-corrected chi connectivity index (χ4v) is 65.6. The summed E-state index contributed by atoms with van der Waals surface area (Å²) < 4.78 is 0.198. The third-order valence-electron chi connectivity index (χ3n) is 8.52. The van der Waals surface area contributed by atoms with E-state index in [-0.39, 0.29) is 8.57 Å². The largest absolute Gasteiger partial charge is 0.298 e. The van der Waals surface area contributed by atoms with Crippen molar-refractivity contribution in [3.05, 3.63) is 35.9 Å². The summed E-state index contributed by atoms with van der Waals surface area (Å²) in [5.41, 5.74) is 0.878. The van der Waals surface area contributed by atoms with Crippen LogP contribution in [0.2, 0.25) is 87.1 Å². The summed E-state index contributed by atoms with van der Waals surface area (Å²) in [5, 5.41) is 0.372. The Hall–Kier alpha value is 0.264. The van der Waals surface area contributed by atoms with E-state index in [1.54, 1.807) is 0 Å². The summed E-state index contributed by atoms with van der Waals surface area (Å²) >= 11 is 8.37. The van der Waals surface area contributed by atoms with Gasteiger partial charge in [0.1, 0.15) is 0 Å². The Morgan fingerprint density at radius 1 is 0.700 bits per heavy atom. The van der Waals surface area contributed by atoms with Gasteiger partial charge in [-0.25, -0.2) is 0 Å². The van der Waals surface area contributed by atoms with Gasteiger partial charge in [-0.3, -0.25) is 4.79 Å². The molecule has 1 aliphatic heterocycles. The van der Waals surface area contributed by atoms with Crippen molar-refractivity contribution in [3.8, 4) is 0 Å². The van der Waals surface area contributed by atoms with Crippen molar-refractivity contribution in [3.63, 3.8) is 0 Å². The summed E-state index contributed by atoms with van der Waals surface area (Å²) in [6.45, 7) is 30.3. The van der Waals surface area contributed by atoms with E-state index in [0.29, 0.717) is 5.41 Å². The second kappa shape index (κ2) is 7.65. The number of hydrogen-bond acceptors (Lipinski definition) is 1. The molecule has 1 aromatic rings. The Labute approximate surface area is 196 Å². The molecule has 0 spiro atoms. The van der Waals surface area contributed by atoms with Crippen LogP contribution in [0, 0.1) is 0 Å². The van der Waals surface area contributed by atoms with Crippen LogP contribution >= 0.6 is 11.1 Å². The summed E-state index contributed by atoms with van der Waals surface area (Å²) in [6, 6.07) is 10.1. The first-order chi connectivity index (χ1) is 13.2. The van der Waals surface area contributed by atoms with E-state index < -0.39 is 39.7 Å². The highest BCUT2D eigenvalue weighted by molar-refractivity contribution is 7.53. The Balaban J connectivity index is 3.11. The van der Waals surface area contributed by atoms with Crippen molar-refractivity contribution in [2.24, 2.45) is 0 Å². The zero-order chi connectivity index (χ0) is 23.6. The first-order valence-electron chi connectivity index (χ1n) is 11.5. The highest BCUT2D eigenvalue weighted by atomic mass is 35.6. The van der Waals surface area contributed by atoms with Crippen LogP contribution in [0.5, 0.6) is 0 Å². The molecule has 0 amide bonds. The lowest BCUT2D eigenvalue weighted by molar-refractivity contribution is 0.106. The highest BCUT2D eigenvalue weighted by Crippen LogP contribution is 2.77. The van der Waals surface area contributed by atoms with Crippen LogP contribution in [0.4, 0.5) is 0 Å². The number of halogens is 1. The maximum atomic E-state index is 14.8. The predicted molar refractivity (Wildman–Crippen MR) is 150 cm³/mol. The van der Waals surface area contributed by atoms with E-state index in [2.05, 4.69) is 78.6 Å². The molecule has 0 aromatic heterocycles. The molecule has 0 radical (unpaired) electrons. The zero-order valence-electron chi connectivity index (χ0n) is 21.6. The van der Waals surface area contributed by atoms with Crippen molar-refractivity contribution in [2.45, 2.75) is 100.0 Å². The van der Waals surface area contributed by atoms with Crippen LogP contribution in [0.15, 0.2) is 30.3 Å². The van der Waals surface area contributed by atoms with Crippen molar-refractivity contribution in [2.75, 3.05) is 0 Å². The number of benzene rings is 1. The zero-order valence-corrected chi connectivity index (χ0v) is 27.3. The molecule has 30 heavy (non-hydrogen) atoms. The summed E-state index contributed by atoms with van der Waals surface area (Å²) in [5.74, 6) is 0. The van der Waals surface area contributed by atoms with Gasteiger partial charge < -0.3 is 0 Å². The van der Waals surface area contributed by atoms with Gasteiger partial charge >= 0.3 is 0 Å². The van der Waals surface area contributed by atoms with Gasteiger partial charge in [0.2, 0.25) is 7.38 Å². The van der Waals surface area contributed by atoms with E-state index in [1.807, 2.05) is 30.3 Å². The molecule has 0 aliphatic carbocycles. The van der Waals surface area contributed by atoms with E-state index in [1.165, 1.54) is 12.8 Å². The number of carbonyl (C=O) groups excluding carboxylic acids is 1. The average Bonchev–Trinajstić information content (AvgIpc) is 2.86. The molecule has 0 N–H and O–H groups in total. The van der Waals surface area contributed by atoms with Gasteiger partial charge in [-0.15, -0.1) is 0 Å². The first kappa shape index (κ1) is 26.5. The van der Waals surface area contributed by atoms with E-state index in [4.69, 9.17) is 11.1 Å². The van der Waals surface area contributed by atoms with Gasteiger partial charge in [0, 0.05) is 37.9 Å². The minimum Gasteiger partial charge on any atom is -0.298 e. The molecule has 0 saturated carbocycles. The third-order valence-corrected chi connectivity index (χ3v) is 50.4. The summed E-state index contributed by atoms with van der Waals surface area (Å²) in [7, 11) is -10.0. The standard InChI is InChI=1S/C23H45ClOSi5/c1-26(2,3)22(27(4,5)6)18-19-23(28(7,8)9,29(10,11)12)30(22,24)21(25)20-16-14-13-15-17-20/h13-17H,18-19H2,1-12H3. The molecule has 2 rings (SSSR count). The first-order valence-corrected chi connectivity index (χ1v) is 28.5. The normalized spacial score (nSPS) is 21.5. The van der Waals surface area contributed by atoms with Crippen LogP contribution in [-0.2, 0) is 0 Å². The molecule has 1 aliphatic rings. The SMILES string of the molecule is C[Si](C)(C)C1([Si](C)(C)C)CCC([Si](C)(C)C)([Si](C)(C)C)[Si]1(Cl)C(=O)c1ccccc1. The fraction of sp³-hybridized carbons (Fsp3) is 0.696. The van der Waals surface area contributed by atoms with Crippen LogP contribution in [-0.4, -0.2) is 45.1 Å². The van der Waals surface area contributed by atoms with Gasteiger partial charge in [0.25, 0.3) is 0 Å². The quantitative estimate of drug-likeness (QED) is 0.276. The summed E-state index contributed by atoms with van der Waals surface area (Å²) in [6.07, 6.45) is 2.39. The van der Waals surface area contributed by atoms with E-state index >= 15 is 0 Å². The maximum absolute atomic E-state index is 14.8. The number of rotatable bonds is 6. The van der Waals surface area contributed by atoms with Crippen molar-refractivity contribution < 1.29 is 4.79 Å². The molecular weight excluding hydrogens is 468 g/mol. The molecule has 170 valence electrons. The smallest absolute Gasteiger partial charge is 0.238 e.